The number of carbonyl (C=O) groups excluding carboxylic acids is 2. The molecule has 5 heteroatoms. The Bertz CT molecular complexity index is 938. The Labute approximate surface area is 149 Å². The van der Waals surface area contributed by atoms with E-state index >= 15 is 0 Å². The van der Waals surface area contributed by atoms with Gasteiger partial charge in [-0.2, -0.15) is 0 Å². The van der Waals surface area contributed by atoms with Crippen molar-refractivity contribution in [3.63, 3.8) is 0 Å². The minimum atomic E-state index is -1.30. The minimum absolute atomic E-state index is 0.0659. The standard InChI is InChI=1S/C21H15FO4/c22-18-11-14(13-23)9-10-19(18)26-17-8-4-7-16(12-17)21(25)20(24)15-5-2-1-3-6-15/h1-13,20,24H. The van der Waals surface area contributed by atoms with Crippen LogP contribution in [0.25, 0.3) is 0 Å². The summed E-state index contributed by atoms with van der Waals surface area (Å²) >= 11 is 0. The first-order chi connectivity index (χ1) is 12.6. The Balaban J connectivity index is 1.82. The molecular weight excluding hydrogens is 335 g/mol. The van der Waals surface area contributed by atoms with Crippen LogP contribution in [0.4, 0.5) is 4.39 Å². The van der Waals surface area contributed by atoms with Crippen molar-refractivity contribution in [2.75, 3.05) is 0 Å². The Morgan fingerprint density at radius 1 is 1.00 bits per heavy atom. The summed E-state index contributed by atoms with van der Waals surface area (Å²) in [6.45, 7) is 0. The van der Waals surface area contributed by atoms with Crippen molar-refractivity contribution < 1.29 is 23.8 Å². The molecule has 0 fully saturated rings. The quantitative estimate of drug-likeness (QED) is 0.530. The largest absolute Gasteiger partial charge is 0.454 e. The average Bonchev–Trinajstić information content (AvgIpc) is 2.69. The summed E-state index contributed by atoms with van der Waals surface area (Å²) in [5.74, 6) is -0.994. The number of Topliss-reactive ketones (excluding diaryl/α,β-unsaturated/α-hetero) is 1. The maximum absolute atomic E-state index is 13.9. The summed E-state index contributed by atoms with van der Waals surface area (Å²) in [6, 6.07) is 18.5. The van der Waals surface area contributed by atoms with E-state index in [9.17, 15) is 19.1 Å². The molecule has 3 aromatic carbocycles. The number of benzene rings is 3. The number of aldehydes is 1. The lowest BCUT2D eigenvalue weighted by atomic mass is 10.00. The Morgan fingerprint density at radius 3 is 2.46 bits per heavy atom. The van der Waals surface area contributed by atoms with E-state index in [0.717, 1.165) is 6.07 Å². The van der Waals surface area contributed by atoms with Crippen molar-refractivity contribution in [1.82, 2.24) is 0 Å². The van der Waals surface area contributed by atoms with Gasteiger partial charge in [-0.05, 0) is 35.9 Å². The van der Waals surface area contributed by atoms with Gasteiger partial charge in [0.15, 0.2) is 17.3 Å². The third-order valence-electron chi connectivity index (χ3n) is 3.80. The molecule has 0 heterocycles. The number of ether oxygens (including phenoxy) is 1. The molecule has 1 N–H and O–H groups in total. The number of hydrogen-bond acceptors (Lipinski definition) is 4. The second-order valence-corrected chi connectivity index (χ2v) is 5.62. The second kappa shape index (κ2) is 7.72. The molecule has 1 unspecified atom stereocenters. The number of aliphatic hydroxyl groups is 1. The van der Waals surface area contributed by atoms with E-state index in [0.29, 0.717) is 11.8 Å². The van der Waals surface area contributed by atoms with Gasteiger partial charge in [0.05, 0.1) is 0 Å². The van der Waals surface area contributed by atoms with E-state index in [1.54, 1.807) is 48.5 Å². The summed E-state index contributed by atoms with van der Waals surface area (Å²) in [6.07, 6.45) is -0.757. The molecule has 4 nitrogen and oxygen atoms in total. The van der Waals surface area contributed by atoms with Gasteiger partial charge in [-0.15, -0.1) is 0 Å². The predicted octanol–water partition coefficient (Wildman–Crippen LogP) is 4.35. The Hall–Kier alpha value is -3.31. The molecule has 0 saturated heterocycles. The fourth-order valence-corrected chi connectivity index (χ4v) is 2.46. The molecule has 0 aliphatic carbocycles. The molecule has 3 aromatic rings. The zero-order valence-corrected chi connectivity index (χ0v) is 13.6. The molecule has 0 radical (unpaired) electrons. The van der Waals surface area contributed by atoms with Gasteiger partial charge >= 0.3 is 0 Å². The van der Waals surface area contributed by atoms with Gasteiger partial charge in [-0.1, -0.05) is 42.5 Å². The molecule has 0 bridgehead atoms. The van der Waals surface area contributed by atoms with Gasteiger partial charge < -0.3 is 9.84 Å². The summed E-state index contributed by atoms with van der Waals surface area (Å²) in [7, 11) is 0. The van der Waals surface area contributed by atoms with Gasteiger partial charge in [0.2, 0.25) is 0 Å². The zero-order chi connectivity index (χ0) is 18.5. The zero-order valence-electron chi connectivity index (χ0n) is 13.6. The third kappa shape index (κ3) is 3.84. The van der Waals surface area contributed by atoms with E-state index in [4.69, 9.17) is 4.74 Å². The molecule has 0 amide bonds. The van der Waals surface area contributed by atoms with Crippen molar-refractivity contribution in [2.45, 2.75) is 6.10 Å². The molecule has 1 atom stereocenters. The Kier molecular flexibility index (Phi) is 5.20. The molecule has 3 rings (SSSR count). The summed E-state index contributed by atoms with van der Waals surface area (Å²) in [5.41, 5.74) is 0.924. The molecule has 26 heavy (non-hydrogen) atoms. The van der Waals surface area contributed by atoms with Crippen LogP contribution in [-0.2, 0) is 0 Å². The maximum Gasteiger partial charge on any atom is 0.195 e. The van der Waals surface area contributed by atoms with Crippen LogP contribution in [0.15, 0.2) is 72.8 Å². The third-order valence-corrected chi connectivity index (χ3v) is 3.80. The van der Waals surface area contributed by atoms with Gasteiger partial charge in [-0.3, -0.25) is 9.59 Å². The van der Waals surface area contributed by atoms with Crippen LogP contribution in [0.1, 0.15) is 32.4 Å². The monoisotopic (exact) mass is 350 g/mol. The summed E-state index contributed by atoms with van der Waals surface area (Å²) in [4.78, 5) is 23.1. The smallest absolute Gasteiger partial charge is 0.195 e. The van der Waals surface area contributed by atoms with E-state index in [1.165, 1.54) is 18.2 Å². The lowest BCUT2D eigenvalue weighted by molar-refractivity contribution is 0.0747. The SMILES string of the molecule is O=Cc1ccc(Oc2cccc(C(=O)C(O)c3ccccc3)c2)c(F)c1. The van der Waals surface area contributed by atoms with Crippen molar-refractivity contribution in [1.29, 1.82) is 0 Å². The second-order valence-electron chi connectivity index (χ2n) is 5.62. The fourth-order valence-electron chi connectivity index (χ4n) is 2.46. The number of rotatable bonds is 6. The van der Waals surface area contributed by atoms with Gasteiger partial charge in [0.1, 0.15) is 18.1 Å². The van der Waals surface area contributed by atoms with Crippen molar-refractivity contribution in [3.8, 4) is 11.5 Å². The lowest BCUT2D eigenvalue weighted by Gasteiger charge is -2.12. The summed E-state index contributed by atoms with van der Waals surface area (Å²) in [5, 5.41) is 10.2. The first-order valence-electron chi connectivity index (χ1n) is 7.88. The highest BCUT2D eigenvalue weighted by Gasteiger charge is 2.19. The minimum Gasteiger partial charge on any atom is -0.454 e. The Morgan fingerprint density at radius 2 is 1.77 bits per heavy atom. The molecule has 0 spiro atoms. The van der Waals surface area contributed by atoms with Gasteiger partial charge in [-0.25, -0.2) is 4.39 Å². The molecule has 0 aromatic heterocycles. The molecule has 0 aliphatic heterocycles. The van der Waals surface area contributed by atoms with Crippen LogP contribution in [0.2, 0.25) is 0 Å². The van der Waals surface area contributed by atoms with Crippen LogP contribution in [0, 0.1) is 5.82 Å². The van der Waals surface area contributed by atoms with E-state index in [-0.39, 0.29) is 22.6 Å². The number of aliphatic hydroxyl groups excluding tert-OH is 1. The van der Waals surface area contributed by atoms with Gasteiger partial charge in [0.25, 0.3) is 0 Å². The van der Waals surface area contributed by atoms with Crippen LogP contribution in [0.3, 0.4) is 0 Å². The van der Waals surface area contributed by atoms with E-state index < -0.39 is 17.7 Å². The van der Waals surface area contributed by atoms with Crippen LogP contribution < -0.4 is 4.74 Å². The molecule has 130 valence electrons. The summed E-state index contributed by atoms with van der Waals surface area (Å²) < 4.78 is 19.4. The lowest BCUT2D eigenvalue weighted by Crippen LogP contribution is -2.12. The first kappa shape index (κ1) is 17.5. The van der Waals surface area contributed by atoms with Crippen molar-refractivity contribution in [2.24, 2.45) is 0 Å². The maximum atomic E-state index is 13.9. The average molecular weight is 350 g/mol. The van der Waals surface area contributed by atoms with Crippen molar-refractivity contribution >= 4 is 12.1 Å². The first-order valence-corrected chi connectivity index (χ1v) is 7.88. The molecule has 0 aliphatic rings. The van der Waals surface area contributed by atoms with Crippen LogP contribution >= 0.6 is 0 Å². The van der Waals surface area contributed by atoms with Crippen molar-refractivity contribution in [3.05, 3.63) is 95.3 Å². The topological polar surface area (TPSA) is 63.6 Å². The number of hydrogen-bond donors (Lipinski definition) is 1. The predicted molar refractivity (Wildman–Crippen MR) is 94.0 cm³/mol. The number of ketones is 1. The molecular formula is C21H15FO4. The fraction of sp³-hybridized carbons (Fsp3) is 0.0476. The van der Waals surface area contributed by atoms with E-state index in [1.807, 2.05) is 0 Å². The van der Waals surface area contributed by atoms with Crippen LogP contribution in [-0.4, -0.2) is 17.2 Å². The number of carbonyl (C=O) groups is 2. The van der Waals surface area contributed by atoms with Crippen LogP contribution in [0.5, 0.6) is 11.5 Å². The normalized spacial score (nSPS) is 11.6. The van der Waals surface area contributed by atoms with E-state index in [2.05, 4.69) is 0 Å². The van der Waals surface area contributed by atoms with Gasteiger partial charge in [0, 0.05) is 11.1 Å². The number of halogens is 1. The highest BCUT2D eigenvalue weighted by atomic mass is 19.1. The highest BCUT2D eigenvalue weighted by molar-refractivity contribution is 6.00. The molecule has 0 saturated carbocycles. The highest BCUT2D eigenvalue weighted by Crippen LogP contribution is 2.27.